The Morgan fingerprint density at radius 1 is 1.32 bits per heavy atom. The molecule has 0 atom stereocenters. The van der Waals surface area contributed by atoms with Gasteiger partial charge in [-0.05, 0) is 31.2 Å². The Kier molecular flexibility index (Phi) is 5.39. The fourth-order valence-corrected chi connectivity index (χ4v) is 3.10. The third-order valence-electron chi connectivity index (χ3n) is 3.46. The number of carbonyl (C=O) groups is 1. The van der Waals surface area contributed by atoms with Crippen LogP contribution >= 0.6 is 11.8 Å². The van der Waals surface area contributed by atoms with Gasteiger partial charge < -0.3 is 14.5 Å². The Labute approximate surface area is 149 Å². The van der Waals surface area contributed by atoms with Gasteiger partial charge >= 0.3 is 0 Å². The summed E-state index contributed by atoms with van der Waals surface area (Å²) < 4.78 is 12.4. The monoisotopic (exact) mass is 358 g/mol. The zero-order valence-electron chi connectivity index (χ0n) is 13.9. The summed E-state index contributed by atoms with van der Waals surface area (Å²) in [6, 6.07) is 10.9. The van der Waals surface area contributed by atoms with Gasteiger partial charge in [-0.15, -0.1) is 10.2 Å². The number of furan rings is 1. The highest BCUT2D eigenvalue weighted by atomic mass is 32.2. The van der Waals surface area contributed by atoms with Crippen LogP contribution in [0.2, 0.25) is 0 Å². The van der Waals surface area contributed by atoms with E-state index < -0.39 is 0 Å². The predicted octanol–water partition coefficient (Wildman–Crippen LogP) is 3.30. The first-order valence-electron chi connectivity index (χ1n) is 7.75. The summed E-state index contributed by atoms with van der Waals surface area (Å²) in [4.78, 5) is 12.2. The minimum Gasteiger partial charge on any atom is -0.497 e. The number of benzene rings is 1. The van der Waals surface area contributed by atoms with Crippen molar-refractivity contribution in [3.8, 4) is 17.3 Å². The van der Waals surface area contributed by atoms with E-state index in [9.17, 15) is 4.79 Å². The number of anilines is 1. The van der Waals surface area contributed by atoms with Crippen LogP contribution in [0.15, 0.2) is 52.2 Å². The summed E-state index contributed by atoms with van der Waals surface area (Å²) in [7, 11) is 1.59. The van der Waals surface area contributed by atoms with Crippen LogP contribution in [-0.4, -0.2) is 33.5 Å². The Balaban J connectivity index is 1.64. The molecule has 0 aliphatic heterocycles. The van der Waals surface area contributed by atoms with E-state index in [4.69, 9.17) is 9.15 Å². The van der Waals surface area contributed by atoms with Crippen LogP contribution in [-0.2, 0) is 11.3 Å². The molecule has 0 unspecified atom stereocenters. The first-order chi connectivity index (χ1) is 12.2. The van der Waals surface area contributed by atoms with Crippen molar-refractivity contribution in [1.82, 2.24) is 14.8 Å². The number of hydrogen-bond acceptors (Lipinski definition) is 6. The van der Waals surface area contributed by atoms with Crippen molar-refractivity contribution in [3.63, 3.8) is 0 Å². The number of methoxy groups -OCH3 is 1. The van der Waals surface area contributed by atoms with Gasteiger partial charge in [-0.25, -0.2) is 0 Å². The van der Waals surface area contributed by atoms with Gasteiger partial charge in [0.25, 0.3) is 0 Å². The molecular formula is C17H18N4O3S. The number of rotatable bonds is 7. The molecule has 0 spiro atoms. The molecule has 1 N–H and O–H groups in total. The van der Waals surface area contributed by atoms with Crippen LogP contribution in [0.1, 0.15) is 6.92 Å². The van der Waals surface area contributed by atoms with Crippen molar-refractivity contribution < 1.29 is 13.9 Å². The lowest BCUT2D eigenvalue weighted by Crippen LogP contribution is -2.14. The smallest absolute Gasteiger partial charge is 0.234 e. The molecule has 0 bridgehead atoms. The Morgan fingerprint density at radius 2 is 2.20 bits per heavy atom. The lowest BCUT2D eigenvalue weighted by molar-refractivity contribution is -0.113. The molecule has 3 rings (SSSR count). The van der Waals surface area contributed by atoms with Gasteiger partial charge in [0, 0.05) is 18.3 Å². The summed E-state index contributed by atoms with van der Waals surface area (Å²) in [5.74, 6) is 2.11. The van der Waals surface area contributed by atoms with E-state index in [2.05, 4.69) is 15.5 Å². The summed E-state index contributed by atoms with van der Waals surface area (Å²) in [6.45, 7) is 2.68. The van der Waals surface area contributed by atoms with Gasteiger partial charge in [-0.1, -0.05) is 17.8 Å². The second kappa shape index (κ2) is 7.89. The maximum Gasteiger partial charge on any atom is 0.234 e. The van der Waals surface area contributed by atoms with E-state index >= 15 is 0 Å². The molecule has 0 fully saturated rings. The van der Waals surface area contributed by atoms with E-state index in [0.29, 0.717) is 34.7 Å². The van der Waals surface area contributed by atoms with E-state index in [0.717, 1.165) is 0 Å². The second-order valence-corrected chi connectivity index (χ2v) is 6.04. The number of nitrogens with zero attached hydrogens (tertiary/aromatic N) is 3. The molecule has 1 amide bonds. The molecule has 130 valence electrons. The minimum absolute atomic E-state index is 0.122. The number of ether oxygens (including phenoxy) is 1. The van der Waals surface area contributed by atoms with E-state index in [1.807, 2.05) is 35.8 Å². The van der Waals surface area contributed by atoms with Crippen molar-refractivity contribution in [3.05, 3.63) is 42.7 Å². The van der Waals surface area contributed by atoms with Crippen LogP contribution in [0.25, 0.3) is 11.6 Å². The van der Waals surface area contributed by atoms with Crippen molar-refractivity contribution >= 4 is 23.4 Å². The number of thioether (sulfide) groups is 1. The quantitative estimate of drug-likeness (QED) is 0.653. The molecule has 2 heterocycles. The third-order valence-corrected chi connectivity index (χ3v) is 4.43. The first kappa shape index (κ1) is 17.1. The van der Waals surface area contributed by atoms with Crippen LogP contribution in [0, 0.1) is 0 Å². The summed E-state index contributed by atoms with van der Waals surface area (Å²) in [5, 5.41) is 11.8. The summed E-state index contributed by atoms with van der Waals surface area (Å²) >= 11 is 1.33. The Morgan fingerprint density at radius 3 is 2.92 bits per heavy atom. The third kappa shape index (κ3) is 4.03. The average molecular weight is 358 g/mol. The van der Waals surface area contributed by atoms with Crippen LogP contribution in [0.4, 0.5) is 5.69 Å². The van der Waals surface area contributed by atoms with E-state index in [-0.39, 0.29) is 11.7 Å². The maximum absolute atomic E-state index is 12.2. The van der Waals surface area contributed by atoms with Crippen molar-refractivity contribution in [2.75, 3.05) is 18.2 Å². The van der Waals surface area contributed by atoms with Crippen molar-refractivity contribution in [2.45, 2.75) is 18.6 Å². The molecular weight excluding hydrogens is 340 g/mol. The number of nitrogens with one attached hydrogen (secondary N) is 1. The summed E-state index contributed by atoms with van der Waals surface area (Å²) in [5.41, 5.74) is 0.693. The standard InChI is InChI=1S/C17H18N4O3S/c1-3-21-16(14-8-5-9-24-14)19-20-17(21)25-11-15(22)18-12-6-4-7-13(10-12)23-2/h4-10H,3,11H2,1-2H3,(H,18,22). The number of aromatic nitrogens is 3. The van der Waals surface area contributed by atoms with Crippen LogP contribution < -0.4 is 10.1 Å². The highest BCUT2D eigenvalue weighted by molar-refractivity contribution is 7.99. The van der Waals surface area contributed by atoms with Crippen LogP contribution in [0.3, 0.4) is 0 Å². The zero-order valence-corrected chi connectivity index (χ0v) is 14.7. The maximum atomic E-state index is 12.2. The molecule has 0 aliphatic carbocycles. The predicted molar refractivity (Wildman–Crippen MR) is 95.7 cm³/mol. The fraction of sp³-hybridized carbons (Fsp3) is 0.235. The number of amides is 1. The van der Waals surface area contributed by atoms with Gasteiger partial charge in [0.15, 0.2) is 16.7 Å². The molecule has 0 aliphatic rings. The topological polar surface area (TPSA) is 82.2 Å². The SMILES string of the molecule is CCn1c(SCC(=O)Nc2cccc(OC)c2)nnc1-c1ccco1. The molecule has 0 radical (unpaired) electrons. The number of hydrogen-bond donors (Lipinski definition) is 1. The second-order valence-electron chi connectivity index (χ2n) is 5.10. The molecule has 8 heteroatoms. The van der Waals surface area contributed by atoms with E-state index in [1.54, 1.807) is 25.5 Å². The lowest BCUT2D eigenvalue weighted by atomic mass is 10.3. The molecule has 1 aromatic carbocycles. The van der Waals surface area contributed by atoms with E-state index in [1.165, 1.54) is 11.8 Å². The van der Waals surface area contributed by atoms with Crippen molar-refractivity contribution in [1.29, 1.82) is 0 Å². The van der Waals surface area contributed by atoms with Crippen molar-refractivity contribution in [2.24, 2.45) is 0 Å². The Hall–Kier alpha value is -2.74. The molecule has 7 nitrogen and oxygen atoms in total. The minimum atomic E-state index is -0.122. The number of carbonyl (C=O) groups excluding carboxylic acids is 1. The van der Waals surface area contributed by atoms with Gasteiger partial charge in [0.05, 0.1) is 19.1 Å². The molecule has 0 saturated carbocycles. The van der Waals surface area contributed by atoms with Crippen LogP contribution in [0.5, 0.6) is 5.75 Å². The largest absolute Gasteiger partial charge is 0.497 e. The van der Waals surface area contributed by atoms with Gasteiger partial charge in [-0.2, -0.15) is 0 Å². The molecule has 2 aromatic heterocycles. The lowest BCUT2D eigenvalue weighted by Gasteiger charge is -2.08. The first-order valence-corrected chi connectivity index (χ1v) is 8.73. The summed E-state index contributed by atoms with van der Waals surface area (Å²) in [6.07, 6.45) is 1.60. The highest BCUT2D eigenvalue weighted by Crippen LogP contribution is 2.24. The fourth-order valence-electron chi connectivity index (χ4n) is 2.30. The van der Waals surface area contributed by atoms with Gasteiger partial charge in [0.1, 0.15) is 5.75 Å². The Bertz CT molecular complexity index is 845. The molecule has 3 aromatic rings. The molecule has 0 saturated heterocycles. The zero-order chi connectivity index (χ0) is 17.6. The average Bonchev–Trinajstić information content (AvgIpc) is 3.29. The highest BCUT2D eigenvalue weighted by Gasteiger charge is 2.16. The normalized spacial score (nSPS) is 10.6. The van der Waals surface area contributed by atoms with Gasteiger partial charge in [-0.3, -0.25) is 9.36 Å². The molecule has 25 heavy (non-hydrogen) atoms. The van der Waals surface area contributed by atoms with Gasteiger partial charge in [0.2, 0.25) is 5.91 Å².